The summed E-state index contributed by atoms with van der Waals surface area (Å²) in [6, 6.07) is 10.8. The smallest absolute Gasteiger partial charge is 0.410 e. The molecular weight excluding hydrogens is 593 g/mol. The normalized spacial score (nSPS) is 13.8. The number of fused-ring (bicyclic) bond motifs is 1. The second kappa shape index (κ2) is 11.9. The number of hydrogen-bond donors (Lipinski definition) is 0. The average Bonchev–Trinajstić information content (AvgIpc) is 3.39. The first-order chi connectivity index (χ1) is 20.4. The molecule has 1 saturated heterocycles. The topological polar surface area (TPSA) is 98.9 Å². The van der Waals surface area contributed by atoms with Gasteiger partial charge in [-0.2, -0.15) is 5.10 Å². The van der Waals surface area contributed by atoms with E-state index >= 15 is 0 Å². The first-order valence-electron chi connectivity index (χ1n) is 13.8. The second-order valence-corrected chi connectivity index (χ2v) is 12.3. The van der Waals surface area contributed by atoms with E-state index in [4.69, 9.17) is 32.7 Å². The highest BCUT2D eigenvalue weighted by Crippen LogP contribution is 2.36. The van der Waals surface area contributed by atoms with Gasteiger partial charge in [0.1, 0.15) is 16.9 Å². The molecule has 0 atom stereocenters. The molecule has 226 valence electrons. The van der Waals surface area contributed by atoms with Crippen LogP contribution in [0.25, 0.3) is 22.0 Å². The Balaban J connectivity index is 1.41. The minimum Gasteiger partial charge on any atom is -0.497 e. The van der Waals surface area contributed by atoms with Gasteiger partial charge in [0.05, 0.1) is 30.4 Å². The Morgan fingerprint density at radius 1 is 0.953 bits per heavy atom. The number of aryl methyl sites for hydroxylation is 1. The molecule has 1 fully saturated rings. The molecule has 2 amide bonds. The molecule has 4 aromatic rings. The van der Waals surface area contributed by atoms with Gasteiger partial charge in [-0.15, -0.1) is 0 Å². The zero-order valence-electron chi connectivity index (χ0n) is 24.7. The highest BCUT2D eigenvalue weighted by molar-refractivity contribution is 6.38. The molecule has 0 spiro atoms. The van der Waals surface area contributed by atoms with E-state index in [1.807, 2.05) is 45.0 Å². The lowest BCUT2D eigenvalue weighted by Gasteiger charge is -2.35. The number of pyridine rings is 1. The SMILES string of the molecule is COc1ccc(Cn2ncc3c(-c4cc(Cl)c(C(=O)N5CCN(C(=O)OC(C)(C)C)CC5)cc4Cl)cn(C)c(=O)c32)cc1. The summed E-state index contributed by atoms with van der Waals surface area (Å²) in [6.07, 6.45) is 2.93. The van der Waals surface area contributed by atoms with E-state index in [-0.39, 0.29) is 22.1 Å². The van der Waals surface area contributed by atoms with E-state index in [1.165, 1.54) is 4.57 Å². The van der Waals surface area contributed by atoms with Crippen LogP contribution in [0.1, 0.15) is 36.7 Å². The maximum atomic E-state index is 13.4. The van der Waals surface area contributed by atoms with Crippen LogP contribution in [-0.2, 0) is 18.3 Å². The predicted molar refractivity (Wildman–Crippen MR) is 166 cm³/mol. The molecule has 0 N–H and O–H groups in total. The number of piperazine rings is 1. The summed E-state index contributed by atoms with van der Waals surface area (Å²) < 4.78 is 13.8. The fraction of sp³-hybridized carbons (Fsp3) is 0.355. The van der Waals surface area contributed by atoms with Crippen molar-refractivity contribution in [2.45, 2.75) is 32.9 Å². The van der Waals surface area contributed by atoms with Crippen molar-refractivity contribution >= 4 is 46.1 Å². The van der Waals surface area contributed by atoms with Crippen molar-refractivity contribution in [2.24, 2.45) is 7.05 Å². The van der Waals surface area contributed by atoms with Crippen molar-refractivity contribution in [2.75, 3.05) is 33.3 Å². The van der Waals surface area contributed by atoms with Crippen LogP contribution < -0.4 is 10.3 Å². The van der Waals surface area contributed by atoms with Crippen molar-refractivity contribution in [3.05, 3.63) is 80.3 Å². The van der Waals surface area contributed by atoms with Gasteiger partial charge in [-0.05, 0) is 50.6 Å². The molecular formula is C31H33Cl2N5O5. The maximum absolute atomic E-state index is 13.4. The third kappa shape index (κ3) is 6.35. The molecule has 3 heterocycles. The first-order valence-corrected chi connectivity index (χ1v) is 14.6. The zero-order chi connectivity index (χ0) is 31.1. The van der Waals surface area contributed by atoms with Crippen molar-refractivity contribution in [3.63, 3.8) is 0 Å². The minimum absolute atomic E-state index is 0.204. The lowest BCUT2D eigenvalue weighted by molar-refractivity contribution is 0.0141. The number of rotatable bonds is 5. The van der Waals surface area contributed by atoms with Crippen molar-refractivity contribution in [1.29, 1.82) is 0 Å². The third-order valence-corrected chi connectivity index (χ3v) is 7.89. The molecule has 12 heteroatoms. The Morgan fingerprint density at radius 3 is 2.23 bits per heavy atom. The zero-order valence-corrected chi connectivity index (χ0v) is 26.2. The number of methoxy groups -OCH3 is 1. The van der Waals surface area contributed by atoms with E-state index in [2.05, 4.69) is 5.10 Å². The molecule has 0 radical (unpaired) electrons. The number of benzene rings is 2. The van der Waals surface area contributed by atoms with Gasteiger partial charge in [0.25, 0.3) is 11.5 Å². The summed E-state index contributed by atoms with van der Waals surface area (Å²) in [5, 5.41) is 5.67. The number of aromatic nitrogens is 3. The molecule has 1 aliphatic rings. The van der Waals surface area contributed by atoms with Gasteiger partial charge in [-0.3, -0.25) is 14.3 Å². The molecule has 0 saturated carbocycles. The molecule has 2 aromatic carbocycles. The second-order valence-electron chi connectivity index (χ2n) is 11.4. The van der Waals surface area contributed by atoms with E-state index in [1.54, 1.807) is 53.2 Å². The van der Waals surface area contributed by atoms with Crippen LogP contribution in [0.2, 0.25) is 10.0 Å². The lowest BCUT2D eigenvalue weighted by Crippen LogP contribution is -2.51. The molecule has 5 rings (SSSR count). The average molecular weight is 627 g/mol. The van der Waals surface area contributed by atoms with Crippen molar-refractivity contribution in [1.82, 2.24) is 24.1 Å². The Morgan fingerprint density at radius 2 is 1.60 bits per heavy atom. The fourth-order valence-electron chi connectivity index (χ4n) is 5.04. The van der Waals surface area contributed by atoms with Gasteiger partial charge >= 0.3 is 6.09 Å². The summed E-state index contributed by atoms with van der Waals surface area (Å²) in [5.74, 6) is 0.462. The Bertz CT molecular complexity index is 1750. The third-order valence-electron chi connectivity index (χ3n) is 7.26. The largest absolute Gasteiger partial charge is 0.497 e. The summed E-state index contributed by atoms with van der Waals surface area (Å²) in [4.78, 5) is 42.3. The van der Waals surface area contributed by atoms with Crippen molar-refractivity contribution < 1.29 is 19.1 Å². The summed E-state index contributed by atoms with van der Waals surface area (Å²) in [7, 11) is 3.27. The van der Waals surface area contributed by atoms with Gasteiger partial charge in [-0.25, -0.2) is 4.79 Å². The Labute approximate surface area is 259 Å². The van der Waals surface area contributed by atoms with E-state index < -0.39 is 11.7 Å². The number of ether oxygens (including phenoxy) is 2. The van der Waals surface area contributed by atoms with Crippen LogP contribution in [-0.4, -0.2) is 75.0 Å². The predicted octanol–water partition coefficient (Wildman–Crippen LogP) is 5.46. The van der Waals surface area contributed by atoms with Crippen LogP contribution in [0.15, 0.2) is 53.6 Å². The van der Waals surface area contributed by atoms with E-state index in [0.717, 1.165) is 11.3 Å². The molecule has 10 nitrogen and oxygen atoms in total. The monoisotopic (exact) mass is 625 g/mol. The van der Waals surface area contributed by atoms with E-state index in [0.29, 0.717) is 59.8 Å². The molecule has 0 bridgehead atoms. The van der Waals surface area contributed by atoms with Crippen LogP contribution in [0, 0.1) is 0 Å². The van der Waals surface area contributed by atoms with Gasteiger partial charge < -0.3 is 23.8 Å². The Kier molecular flexibility index (Phi) is 8.45. The summed E-state index contributed by atoms with van der Waals surface area (Å²) in [6.45, 7) is 7.19. The quantitative estimate of drug-likeness (QED) is 0.292. The van der Waals surface area contributed by atoms with E-state index in [9.17, 15) is 14.4 Å². The summed E-state index contributed by atoms with van der Waals surface area (Å²) >= 11 is 13.5. The first kappa shape index (κ1) is 30.4. The minimum atomic E-state index is -0.595. The van der Waals surface area contributed by atoms with Gasteiger partial charge in [-0.1, -0.05) is 35.3 Å². The van der Waals surface area contributed by atoms with Crippen LogP contribution in [0.3, 0.4) is 0 Å². The number of nitrogens with zero attached hydrogens (tertiary/aromatic N) is 5. The molecule has 0 aliphatic carbocycles. The number of carbonyl (C=O) groups is 2. The van der Waals surface area contributed by atoms with Crippen molar-refractivity contribution in [3.8, 4) is 16.9 Å². The molecule has 43 heavy (non-hydrogen) atoms. The van der Waals surface area contributed by atoms with Gasteiger partial charge in [0, 0.05) is 61.0 Å². The molecule has 0 unspecified atom stereocenters. The number of carbonyl (C=O) groups excluding carboxylic acids is 2. The number of hydrogen-bond acceptors (Lipinski definition) is 6. The summed E-state index contributed by atoms with van der Waals surface area (Å²) in [5.41, 5.74) is 2.07. The number of amides is 2. The van der Waals surface area contributed by atoms with Gasteiger partial charge in [0.15, 0.2) is 0 Å². The number of halogens is 2. The standard InChI is InChI=1S/C31H33Cl2N5O5/c1-31(2,3)43-30(41)37-12-10-36(11-13-37)28(39)22-15-25(32)21(14-26(22)33)24-18-35(4)29(40)27-23(24)16-34-38(27)17-19-6-8-20(42-5)9-7-19/h6-9,14-16,18H,10-13,17H2,1-5H3. The fourth-order valence-corrected chi connectivity index (χ4v) is 5.55. The highest BCUT2D eigenvalue weighted by Gasteiger charge is 2.29. The Hall–Kier alpha value is -4.02. The highest BCUT2D eigenvalue weighted by atomic mass is 35.5. The van der Waals surface area contributed by atoms with Gasteiger partial charge in [0.2, 0.25) is 0 Å². The molecule has 1 aliphatic heterocycles. The van der Waals surface area contributed by atoms with Crippen LogP contribution in [0.4, 0.5) is 4.79 Å². The maximum Gasteiger partial charge on any atom is 0.410 e. The van der Waals surface area contributed by atoms with Crippen LogP contribution in [0.5, 0.6) is 5.75 Å². The molecule has 2 aromatic heterocycles. The van der Waals surface area contributed by atoms with Crippen LogP contribution >= 0.6 is 23.2 Å². The lowest BCUT2D eigenvalue weighted by atomic mass is 10.0.